The lowest BCUT2D eigenvalue weighted by atomic mass is 10.2. The molecular weight excluding hydrogens is 172 g/mol. The van der Waals surface area contributed by atoms with Crippen molar-refractivity contribution in [3.05, 3.63) is 12.2 Å². The van der Waals surface area contributed by atoms with Gasteiger partial charge in [-0.3, -0.25) is 0 Å². The Kier molecular flexibility index (Phi) is 10.1. The first-order valence-electron chi connectivity index (χ1n) is 4.66. The molecule has 0 saturated heterocycles. The number of unbranched alkanes of at least 4 members (excludes halogenated alkanes) is 2. The fourth-order valence-electron chi connectivity index (χ4n) is 0.624. The molecule has 1 N–H and O–H groups in total. The molecule has 72 valence electrons. The van der Waals surface area contributed by atoms with E-state index in [4.69, 9.17) is 5.11 Å². The highest BCUT2D eigenvalue weighted by atomic mass is 16.2. The summed E-state index contributed by atoms with van der Waals surface area (Å²) in [6.07, 6.45) is 6.32. The first-order valence-corrected chi connectivity index (χ1v) is 4.66. The largest absolute Gasteiger partial charge is 0.392 e. The molecule has 0 bridgehead atoms. The van der Waals surface area contributed by atoms with Gasteiger partial charge >= 0.3 is 0 Å². The standard InChI is InChI=1S/C13H14O/c1-2-3-4-5-6-7-8-9-10-11-12-13-14/h11-12,14H,2-4,13H2,1H3. The van der Waals surface area contributed by atoms with Crippen LogP contribution in [0.3, 0.4) is 0 Å². The summed E-state index contributed by atoms with van der Waals surface area (Å²) in [5, 5.41) is 8.38. The highest BCUT2D eigenvalue weighted by molar-refractivity contribution is 5.37. The molecular formula is C13H14O. The summed E-state index contributed by atoms with van der Waals surface area (Å²) >= 11 is 0. The lowest BCUT2D eigenvalue weighted by molar-refractivity contribution is 0.343. The van der Waals surface area contributed by atoms with Crippen molar-refractivity contribution in [3.8, 4) is 35.5 Å². The molecule has 0 aromatic heterocycles. The van der Waals surface area contributed by atoms with Gasteiger partial charge in [0.25, 0.3) is 0 Å². The number of aliphatic hydroxyl groups is 1. The van der Waals surface area contributed by atoms with Crippen LogP contribution in [0.15, 0.2) is 12.2 Å². The van der Waals surface area contributed by atoms with E-state index in [0.717, 1.165) is 19.3 Å². The van der Waals surface area contributed by atoms with E-state index in [9.17, 15) is 0 Å². The van der Waals surface area contributed by atoms with Gasteiger partial charge in [0.15, 0.2) is 0 Å². The smallest absolute Gasteiger partial charge is 0.0621 e. The molecule has 0 atom stereocenters. The maximum Gasteiger partial charge on any atom is 0.0621 e. The second kappa shape index (κ2) is 11.4. The molecule has 0 aliphatic rings. The molecule has 0 heterocycles. The average molecular weight is 186 g/mol. The average Bonchev–Trinajstić information content (AvgIpc) is 2.21. The highest BCUT2D eigenvalue weighted by Gasteiger charge is 1.73. The van der Waals surface area contributed by atoms with Crippen LogP contribution < -0.4 is 0 Å². The van der Waals surface area contributed by atoms with Crippen molar-refractivity contribution < 1.29 is 5.11 Å². The minimum atomic E-state index is 0.0128. The van der Waals surface area contributed by atoms with Crippen LogP contribution in [0.1, 0.15) is 26.2 Å². The maximum absolute atomic E-state index is 8.38. The quantitative estimate of drug-likeness (QED) is 0.526. The summed E-state index contributed by atoms with van der Waals surface area (Å²) in [6.45, 7) is 2.14. The zero-order valence-electron chi connectivity index (χ0n) is 8.43. The normalized spacial score (nSPS) is 7.86. The summed E-state index contributed by atoms with van der Waals surface area (Å²) in [4.78, 5) is 0. The Balaban J connectivity index is 3.73. The van der Waals surface area contributed by atoms with Gasteiger partial charge in [-0.15, -0.1) is 0 Å². The maximum atomic E-state index is 8.38. The van der Waals surface area contributed by atoms with E-state index in [1.807, 2.05) is 0 Å². The summed E-state index contributed by atoms with van der Waals surface area (Å²) in [7, 11) is 0. The number of aliphatic hydroxyl groups excluding tert-OH is 1. The van der Waals surface area contributed by atoms with E-state index in [1.165, 1.54) is 0 Å². The fraction of sp³-hybridized carbons (Fsp3) is 0.385. The van der Waals surface area contributed by atoms with Gasteiger partial charge < -0.3 is 5.11 Å². The van der Waals surface area contributed by atoms with Gasteiger partial charge in [0.2, 0.25) is 0 Å². The highest BCUT2D eigenvalue weighted by Crippen LogP contribution is 1.89. The van der Waals surface area contributed by atoms with Crippen LogP contribution in [-0.2, 0) is 0 Å². The molecule has 0 saturated carbocycles. The van der Waals surface area contributed by atoms with Crippen molar-refractivity contribution in [2.75, 3.05) is 6.61 Å². The molecule has 0 spiro atoms. The predicted octanol–water partition coefficient (Wildman–Crippen LogP) is 1.74. The third-order valence-corrected chi connectivity index (χ3v) is 1.31. The number of rotatable bonds is 3. The van der Waals surface area contributed by atoms with Crippen LogP contribution >= 0.6 is 0 Å². The molecule has 0 aliphatic heterocycles. The minimum absolute atomic E-state index is 0.0128. The second-order valence-electron chi connectivity index (χ2n) is 2.51. The van der Waals surface area contributed by atoms with Gasteiger partial charge in [-0.05, 0) is 36.2 Å². The first-order chi connectivity index (χ1) is 6.91. The van der Waals surface area contributed by atoms with E-state index >= 15 is 0 Å². The molecule has 0 rings (SSSR count). The SMILES string of the molecule is CCCCC#CC#CC#CC=CCO. The monoisotopic (exact) mass is 186 g/mol. The fourth-order valence-corrected chi connectivity index (χ4v) is 0.624. The van der Waals surface area contributed by atoms with Crippen molar-refractivity contribution in [2.45, 2.75) is 26.2 Å². The second-order valence-corrected chi connectivity index (χ2v) is 2.51. The Morgan fingerprint density at radius 1 is 1.14 bits per heavy atom. The van der Waals surface area contributed by atoms with Gasteiger partial charge in [-0.2, -0.15) is 0 Å². The Bertz CT molecular complexity index is 331. The zero-order chi connectivity index (χ0) is 10.5. The van der Waals surface area contributed by atoms with Crippen LogP contribution in [0.4, 0.5) is 0 Å². The Hall–Kier alpha value is -1.62. The van der Waals surface area contributed by atoms with E-state index in [0.29, 0.717) is 0 Å². The molecule has 1 nitrogen and oxygen atoms in total. The zero-order valence-corrected chi connectivity index (χ0v) is 8.43. The summed E-state index contributed by atoms with van der Waals surface area (Å²) in [5.41, 5.74) is 0. The van der Waals surface area contributed by atoms with E-state index in [2.05, 4.69) is 42.4 Å². The first kappa shape index (κ1) is 12.4. The van der Waals surface area contributed by atoms with Gasteiger partial charge in [0.1, 0.15) is 0 Å². The Morgan fingerprint density at radius 2 is 1.93 bits per heavy atom. The topological polar surface area (TPSA) is 20.2 Å². The van der Waals surface area contributed by atoms with Crippen molar-refractivity contribution in [1.29, 1.82) is 0 Å². The van der Waals surface area contributed by atoms with Crippen LogP contribution in [0.2, 0.25) is 0 Å². The van der Waals surface area contributed by atoms with Crippen LogP contribution in [-0.4, -0.2) is 11.7 Å². The van der Waals surface area contributed by atoms with Crippen LogP contribution in [0.5, 0.6) is 0 Å². The number of allylic oxidation sites excluding steroid dienone is 1. The van der Waals surface area contributed by atoms with Crippen LogP contribution in [0, 0.1) is 35.5 Å². The summed E-state index contributed by atoms with van der Waals surface area (Å²) < 4.78 is 0. The van der Waals surface area contributed by atoms with E-state index in [-0.39, 0.29) is 6.61 Å². The van der Waals surface area contributed by atoms with Gasteiger partial charge in [0.05, 0.1) is 6.61 Å². The van der Waals surface area contributed by atoms with Crippen molar-refractivity contribution in [2.24, 2.45) is 0 Å². The van der Waals surface area contributed by atoms with Gasteiger partial charge in [0, 0.05) is 6.42 Å². The lowest BCUT2D eigenvalue weighted by Crippen LogP contribution is -1.67. The molecule has 0 aliphatic carbocycles. The molecule has 0 unspecified atom stereocenters. The lowest BCUT2D eigenvalue weighted by Gasteiger charge is -1.80. The molecule has 0 amide bonds. The van der Waals surface area contributed by atoms with E-state index in [1.54, 1.807) is 12.2 Å². The van der Waals surface area contributed by atoms with Crippen LogP contribution in [0.25, 0.3) is 0 Å². The predicted molar refractivity (Wildman–Crippen MR) is 59.1 cm³/mol. The minimum Gasteiger partial charge on any atom is -0.392 e. The molecule has 0 aromatic carbocycles. The Morgan fingerprint density at radius 3 is 2.64 bits per heavy atom. The summed E-state index contributed by atoms with van der Waals surface area (Å²) in [5.74, 6) is 16.2. The molecule has 0 radical (unpaired) electrons. The Labute approximate surface area is 86.2 Å². The number of hydrogen-bond donors (Lipinski definition) is 1. The summed E-state index contributed by atoms with van der Waals surface area (Å²) in [6, 6.07) is 0. The van der Waals surface area contributed by atoms with Gasteiger partial charge in [-0.25, -0.2) is 0 Å². The molecule has 1 heteroatoms. The molecule has 0 aromatic rings. The number of hydrogen-bond acceptors (Lipinski definition) is 1. The molecule has 0 fully saturated rings. The third kappa shape index (κ3) is 10.4. The van der Waals surface area contributed by atoms with E-state index < -0.39 is 0 Å². The van der Waals surface area contributed by atoms with Crippen molar-refractivity contribution in [1.82, 2.24) is 0 Å². The third-order valence-electron chi connectivity index (χ3n) is 1.31. The van der Waals surface area contributed by atoms with Crippen molar-refractivity contribution in [3.63, 3.8) is 0 Å². The molecule has 14 heavy (non-hydrogen) atoms. The van der Waals surface area contributed by atoms with Crippen molar-refractivity contribution >= 4 is 0 Å². The van der Waals surface area contributed by atoms with Gasteiger partial charge in [-0.1, -0.05) is 31.3 Å².